The predicted octanol–water partition coefficient (Wildman–Crippen LogP) is 6.35. The third-order valence-electron chi connectivity index (χ3n) is 8.14. The molecule has 0 amide bonds. The molecule has 35 heavy (non-hydrogen) atoms. The van der Waals surface area contributed by atoms with Crippen molar-refractivity contribution in [3.8, 4) is 0 Å². The lowest BCUT2D eigenvalue weighted by molar-refractivity contribution is -0.527. The number of benzene rings is 1. The van der Waals surface area contributed by atoms with Gasteiger partial charge in [-0.25, -0.2) is 9.78 Å². The lowest BCUT2D eigenvalue weighted by Gasteiger charge is -2.51. The van der Waals surface area contributed by atoms with Gasteiger partial charge in [0.1, 0.15) is 11.7 Å². The van der Waals surface area contributed by atoms with Crippen LogP contribution in [0.15, 0.2) is 42.1 Å². The maximum absolute atomic E-state index is 6.65. The van der Waals surface area contributed by atoms with Crippen molar-refractivity contribution < 1.29 is 14.5 Å². The largest absolute Gasteiger partial charge is 0.384 e. The van der Waals surface area contributed by atoms with E-state index in [2.05, 4.69) is 42.0 Å². The van der Waals surface area contributed by atoms with Crippen LogP contribution in [0.25, 0.3) is 10.9 Å². The van der Waals surface area contributed by atoms with Gasteiger partial charge in [0.05, 0.1) is 5.52 Å². The molecule has 0 bridgehead atoms. The van der Waals surface area contributed by atoms with E-state index in [4.69, 9.17) is 26.1 Å². The molecule has 2 fully saturated rings. The molecule has 190 valence electrons. The third kappa shape index (κ3) is 5.37. The van der Waals surface area contributed by atoms with Gasteiger partial charge >= 0.3 is 0 Å². The minimum atomic E-state index is -0.620. The zero-order valence-corrected chi connectivity index (χ0v) is 21.9. The Bertz CT molecular complexity index is 1070. The lowest BCUT2D eigenvalue weighted by Crippen LogP contribution is -2.60. The Hall–Kier alpha value is -1.70. The minimum absolute atomic E-state index is 0.0326. The van der Waals surface area contributed by atoms with Crippen LogP contribution in [-0.2, 0) is 14.5 Å². The van der Waals surface area contributed by atoms with E-state index >= 15 is 0 Å². The van der Waals surface area contributed by atoms with Crippen molar-refractivity contribution >= 4 is 28.2 Å². The van der Waals surface area contributed by atoms with Gasteiger partial charge in [-0.3, -0.25) is 4.98 Å². The van der Waals surface area contributed by atoms with Crippen molar-refractivity contribution in [2.75, 3.05) is 31.5 Å². The fourth-order valence-electron chi connectivity index (χ4n) is 5.45. The summed E-state index contributed by atoms with van der Waals surface area (Å²) in [6, 6.07) is 7.87. The summed E-state index contributed by atoms with van der Waals surface area (Å²) in [6.45, 7) is 10.5. The van der Waals surface area contributed by atoms with Gasteiger partial charge in [0.2, 0.25) is 5.79 Å². The zero-order valence-electron chi connectivity index (χ0n) is 21.2. The van der Waals surface area contributed by atoms with Crippen molar-refractivity contribution in [1.29, 1.82) is 0 Å². The molecule has 2 aromatic rings. The van der Waals surface area contributed by atoms with E-state index in [0.29, 0.717) is 10.9 Å². The summed E-state index contributed by atoms with van der Waals surface area (Å²) in [7, 11) is 0. The highest BCUT2D eigenvalue weighted by molar-refractivity contribution is 6.31. The molecule has 0 radical (unpaired) electrons. The third-order valence-corrected chi connectivity index (χ3v) is 8.37. The number of allylic oxidation sites excluding steroid dienone is 1. The van der Waals surface area contributed by atoms with Crippen molar-refractivity contribution in [3.05, 3.63) is 47.1 Å². The summed E-state index contributed by atoms with van der Waals surface area (Å²) in [5.41, 5.74) is 3.14. The molecule has 1 spiro atoms. The fraction of sp³-hybridized carbons (Fsp3) is 0.607. The quantitative estimate of drug-likeness (QED) is 0.272. The zero-order chi connectivity index (χ0) is 24.5. The first kappa shape index (κ1) is 25.0. The lowest BCUT2D eigenvalue weighted by atomic mass is 9.79. The number of aromatic nitrogens is 1. The van der Waals surface area contributed by atoms with E-state index in [1.165, 1.54) is 5.57 Å². The number of hydrogen-bond acceptors (Lipinski definition) is 6. The van der Waals surface area contributed by atoms with E-state index in [1.807, 2.05) is 30.5 Å². The first-order valence-corrected chi connectivity index (χ1v) is 13.5. The van der Waals surface area contributed by atoms with Crippen LogP contribution in [0.4, 0.5) is 5.69 Å². The predicted molar refractivity (Wildman–Crippen MR) is 140 cm³/mol. The number of anilines is 1. The first-order chi connectivity index (χ1) is 16.9. The van der Waals surface area contributed by atoms with Crippen LogP contribution in [0.5, 0.6) is 0 Å². The highest BCUT2D eigenvalue weighted by Crippen LogP contribution is 2.45. The van der Waals surface area contributed by atoms with Crippen LogP contribution in [0.3, 0.4) is 0 Å². The average molecular weight is 500 g/mol. The SMILES string of the molecule is CCC(C)C1=C[C@@H]2OC3(CCN(CCCNc4ccnc5cc(Cl)ccc45)CC3)OO[C@]2(C)CC1. The Morgan fingerprint density at radius 1 is 1.20 bits per heavy atom. The topological polar surface area (TPSA) is 55.9 Å². The van der Waals surface area contributed by atoms with Crippen molar-refractivity contribution in [2.45, 2.75) is 76.8 Å². The number of rotatable bonds is 7. The second-order valence-corrected chi connectivity index (χ2v) is 11.1. The van der Waals surface area contributed by atoms with Gasteiger partial charge in [0, 0.05) is 54.8 Å². The Morgan fingerprint density at radius 3 is 2.83 bits per heavy atom. The molecular weight excluding hydrogens is 462 g/mol. The summed E-state index contributed by atoms with van der Waals surface area (Å²) >= 11 is 6.11. The van der Waals surface area contributed by atoms with Crippen molar-refractivity contribution in [3.63, 3.8) is 0 Å². The molecule has 2 aliphatic heterocycles. The van der Waals surface area contributed by atoms with E-state index < -0.39 is 5.79 Å². The summed E-state index contributed by atoms with van der Waals surface area (Å²) in [5, 5.41) is 5.38. The minimum Gasteiger partial charge on any atom is -0.384 e. The maximum atomic E-state index is 6.65. The van der Waals surface area contributed by atoms with Gasteiger partial charge in [0.15, 0.2) is 0 Å². The number of nitrogens with one attached hydrogen (secondary N) is 1. The summed E-state index contributed by atoms with van der Waals surface area (Å²) in [5.74, 6) is -0.0229. The highest BCUT2D eigenvalue weighted by Gasteiger charge is 2.52. The average Bonchev–Trinajstić information content (AvgIpc) is 2.87. The van der Waals surface area contributed by atoms with Crippen LogP contribution in [0, 0.1) is 5.92 Å². The maximum Gasteiger partial charge on any atom is 0.204 e. The normalized spacial score (nSPS) is 27.4. The second kappa shape index (κ2) is 10.3. The Balaban J connectivity index is 1.11. The summed E-state index contributed by atoms with van der Waals surface area (Å²) in [6.07, 6.45) is 10.0. The standard InChI is InChI=1S/C28H38ClN3O3/c1-4-20(2)21-8-10-27(3)26(18-21)33-28(35-34-27)11-16-32(17-12-28)15-5-13-30-24-9-14-31-25-19-22(29)6-7-23(24)25/h6-7,9,14,18-20,26H,4-5,8,10-13,15-17H2,1-3H3,(H,30,31)/t20?,26-,27+/m0/s1. The molecule has 6 nitrogen and oxygen atoms in total. The van der Waals surface area contributed by atoms with Crippen LogP contribution in [0.1, 0.15) is 59.3 Å². The van der Waals surface area contributed by atoms with E-state index in [-0.39, 0.29) is 11.7 Å². The molecule has 0 saturated carbocycles. The van der Waals surface area contributed by atoms with Gasteiger partial charge in [-0.2, -0.15) is 0 Å². The number of nitrogens with zero attached hydrogens (tertiary/aromatic N) is 2. The van der Waals surface area contributed by atoms with E-state index in [1.54, 1.807) is 0 Å². The number of hydrogen-bond donors (Lipinski definition) is 1. The van der Waals surface area contributed by atoms with Gasteiger partial charge in [-0.15, -0.1) is 0 Å². The number of pyridine rings is 1. The molecular formula is C28H38ClN3O3. The number of halogens is 1. The molecule has 1 aromatic carbocycles. The molecule has 1 aromatic heterocycles. The van der Waals surface area contributed by atoms with E-state index in [0.717, 1.165) is 81.3 Å². The Morgan fingerprint density at radius 2 is 2.03 bits per heavy atom. The summed E-state index contributed by atoms with van der Waals surface area (Å²) < 4.78 is 6.65. The van der Waals surface area contributed by atoms with Crippen LogP contribution >= 0.6 is 11.6 Å². The monoisotopic (exact) mass is 499 g/mol. The van der Waals surface area contributed by atoms with Crippen LogP contribution < -0.4 is 5.32 Å². The molecule has 5 rings (SSSR count). The molecule has 1 aliphatic carbocycles. The number of fused-ring (bicyclic) bond motifs is 2. The number of likely N-dealkylation sites (tertiary alicyclic amines) is 1. The van der Waals surface area contributed by atoms with Gasteiger partial charge < -0.3 is 15.0 Å². The van der Waals surface area contributed by atoms with Crippen molar-refractivity contribution in [2.24, 2.45) is 5.92 Å². The molecule has 2 saturated heterocycles. The van der Waals surface area contributed by atoms with Crippen LogP contribution in [-0.4, -0.2) is 53.6 Å². The highest BCUT2D eigenvalue weighted by atomic mass is 35.5. The van der Waals surface area contributed by atoms with Crippen molar-refractivity contribution in [1.82, 2.24) is 9.88 Å². The van der Waals surface area contributed by atoms with Crippen LogP contribution in [0.2, 0.25) is 5.02 Å². The molecule has 1 N–H and O–H groups in total. The Kier molecular flexibility index (Phi) is 7.38. The van der Waals surface area contributed by atoms with Gasteiger partial charge in [-0.1, -0.05) is 37.1 Å². The number of ether oxygens (including phenoxy) is 1. The number of piperidine rings is 1. The molecule has 1 unspecified atom stereocenters. The van der Waals surface area contributed by atoms with Gasteiger partial charge in [0.25, 0.3) is 0 Å². The molecule has 3 aliphatic rings. The Labute approximate surface area is 213 Å². The summed E-state index contributed by atoms with van der Waals surface area (Å²) in [4.78, 5) is 18.9. The first-order valence-electron chi connectivity index (χ1n) is 13.2. The van der Waals surface area contributed by atoms with Gasteiger partial charge in [-0.05, 0) is 69.3 Å². The van der Waals surface area contributed by atoms with E-state index in [9.17, 15) is 0 Å². The molecule has 7 heteroatoms. The fourth-order valence-corrected chi connectivity index (χ4v) is 5.62. The second-order valence-electron chi connectivity index (χ2n) is 10.6. The molecule has 3 atom stereocenters. The molecule has 3 heterocycles. The smallest absolute Gasteiger partial charge is 0.204 e.